The van der Waals surface area contributed by atoms with Gasteiger partial charge in [-0.15, -0.1) is 0 Å². The topological polar surface area (TPSA) is 68.2 Å². The third-order valence-corrected chi connectivity index (χ3v) is 2.31. The number of hydrogen-bond donors (Lipinski definition) is 2. The van der Waals surface area contributed by atoms with Crippen molar-refractivity contribution < 1.29 is 24.4 Å². The van der Waals surface area contributed by atoms with E-state index in [-0.39, 0.29) is 12.7 Å². The molecule has 0 bridgehead atoms. The first kappa shape index (κ1) is 9.36. The van der Waals surface area contributed by atoms with Crippen LogP contribution in [-0.4, -0.2) is 47.2 Å². The summed E-state index contributed by atoms with van der Waals surface area (Å²) < 4.78 is 15.9. The number of aliphatic hydroxyl groups is 2. The molecular formula is C8H14O5. The quantitative estimate of drug-likeness (QED) is 0.567. The lowest BCUT2D eigenvalue weighted by Gasteiger charge is -2.21. The van der Waals surface area contributed by atoms with Crippen molar-refractivity contribution in [3.8, 4) is 0 Å². The summed E-state index contributed by atoms with van der Waals surface area (Å²) in [7, 11) is 0. The molecule has 0 aliphatic carbocycles. The third kappa shape index (κ3) is 1.47. The normalized spacial score (nSPS) is 48.0. The zero-order valence-electron chi connectivity index (χ0n) is 7.64. The highest BCUT2D eigenvalue weighted by atomic mass is 16.8. The minimum atomic E-state index is -0.996. The zero-order valence-corrected chi connectivity index (χ0v) is 7.64. The number of fused-ring (bicyclic) bond motifs is 1. The molecule has 5 heteroatoms. The maximum absolute atomic E-state index is 9.39. The average Bonchev–Trinajstić information content (AvgIpc) is 2.47. The van der Waals surface area contributed by atoms with E-state index in [1.165, 1.54) is 0 Å². The molecule has 2 N–H and O–H groups in total. The Balaban J connectivity index is 2.12. The standard InChI is InChI=1S/C8H14O5/c1-8(2)12-5-4(3-9)11-7(10)6(5)13-8/h4-7,9-10H,3H2,1-2H3/t4-,5+,6+,7-/m1/s1. The fourth-order valence-electron chi connectivity index (χ4n) is 1.81. The Morgan fingerprint density at radius 1 is 1.23 bits per heavy atom. The van der Waals surface area contributed by atoms with Crippen LogP contribution in [0.2, 0.25) is 0 Å². The lowest BCUT2D eigenvalue weighted by atomic mass is 10.1. The Kier molecular flexibility index (Phi) is 2.08. The summed E-state index contributed by atoms with van der Waals surface area (Å²) in [6, 6.07) is 0. The van der Waals surface area contributed by atoms with Gasteiger partial charge in [0, 0.05) is 0 Å². The van der Waals surface area contributed by atoms with Crippen LogP contribution in [0.4, 0.5) is 0 Å². The molecule has 2 saturated heterocycles. The van der Waals surface area contributed by atoms with Crippen LogP contribution in [0.1, 0.15) is 13.8 Å². The molecule has 76 valence electrons. The van der Waals surface area contributed by atoms with Crippen LogP contribution in [-0.2, 0) is 14.2 Å². The van der Waals surface area contributed by atoms with Crippen molar-refractivity contribution in [2.75, 3.05) is 6.61 Å². The molecule has 2 aliphatic heterocycles. The Labute approximate surface area is 76.2 Å². The third-order valence-electron chi connectivity index (χ3n) is 2.31. The summed E-state index contributed by atoms with van der Waals surface area (Å²) in [4.78, 5) is 0. The average molecular weight is 190 g/mol. The number of ether oxygens (including phenoxy) is 3. The molecule has 0 amide bonds. The second-order valence-corrected chi connectivity index (χ2v) is 3.81. The van der Waals surface area contributed by atoms with Crippen molar-refractivity contribution in [2.24, 2.45) is 0 Å². The second-order valence-electron chi connectivity index (χ2n) is 3.81. The maximum atomic E-state index is 9.39. The van der Waals surface area contributed by atoms with Crippen LogP contribution in [0.3, 0.4) is 0 Å². The molecule has 2 rings (SSSR count). The van der Waals surface area contributed by atoms with Gasteiger partial charge in [-0.25, -0.2) is 0 Å². The number of rotatable bonds is 1. The van der Waals surface area contributed by atoms with Gasteiger partial charge in [0.1, 0.15) is 18.3 Å². The van der Waals surface area contributed by atoms with Gasteiger partial charge in [0.25, 0.3) is 0 Å². The Hall–Kier alpha value is -0.200. The molecule has 0 aromatic rings. The van der Waals surface area contributed by atoms with Crippen LogP contribution in [0, 0.1) is 0 Å². The Bertz CT molecular complexity index is 205. The van der Waals surface area contributed by atoms with E-state index >= 15 is 0 Å². The van der Waals surface area contributed by atoms with Crippen LogP contribution in [0.5, 0.6) is 0 Å². The molecule has 2 aliphatic rings. The lowest BCUT2D eigenvalue weighted by molar-refractivity contribution is -0.223. The van der Waals surface area contributed by atoms with Gasteiger partial charge in [-0.05, 0) is 13.8 Å². The van der Waals surface area contributed by atoms with Gasteiger partial charge in [0.05, 0.1) is 6.61 Å². The summed E-state index contributed by atoms with van der Waals surface area (Å²) >= 11 is 0. The lowest BCUT2D eigenvalue weighted by Crippen LogP contribution is -2.31. The van der Waals surface area contributed by atoms with Crippen molar-refractivity contribution in [2.45, 2.75) is 44.2 Å². The molecule has 5 nitrogen and oxygen atoms in total. The van der Waals surface area contributed by atoms with Gasteiger partial charge < -0.3 is 24.4 Å². The maximum Gasteiger partial charge on any atom is 0.184 e. The molecule has 0 aromatic carbocycles. The van der Waals surface area contributed by atoms with Crippen LogP contribution < -0.4 is 0 Å². The minimum absolute atomic E-state index is 0.169. The van der Waals surface area contributed by atoms with Crippen LogP contribution >= 0.6 is 0 Å². The van der Waals surface area contributed by atoms with Crippen molar-refractivity contribution >= 4 is 0 Å². The monoisotopic (exact) mass is 190 g/mol. The molecule has 0 aromatic heterocycles. The highest BCUT2D eigenvalue weighted by Crippen LogP contribution is 2.37. The molecule has 0 spiro atoms. The fourth-order valence-corrected chi connectivity index (χ4v) is 1.81. The van der Waals surface area contributed by atoms with E-state index in [0.29, 0.717) is 0 Å². The molecule has 0 unspecified atom stereocenters. The fraction of sp³-hybridized carbons (Fsp3) is 1.00. The first-order valence-corrected chi connectivity index (χ1v) is 4.33. The highest BCUT2D eigenvalue weighted by molar-refractivity contribution is 4.94. The van der Waals surface area contributed by atoms with Gasteiger partial charge in [-0.1, -0.05) is 0 Å². The molecule has 2 heterocycles. The molecule has 0 radical (unpaired) electrons. The van der Waals surface area contributed by atoms with E-state index in [1.54, 1.807) is 13.8 Å². The minimum Gasteiger partial charge on any atom is -0.394 e. The number of aliphatic hydroxyl groups excluding tert-OH is 2. The zero-order chi connectivity index (χ0) is 9.64. The van der Waals surface area contributed by atoms with Gasteiger partial charge >= 0.3 is 0 Å². The van der Waals surface area contributed by atoms with Crippen LogP contribution in [0.25, 0.3) is 0 Å². The first-order valence-electron chi connectivity index (χ1n) is 4.33. The summed E-state index contributed by atoms with van der Waals surface area (Å²) in [6.45, 7) is 3.37. The van der Waals surface area contributed by atoms with Gasteiger partial charge in [0.2, 0.25) is 0 Å². The second kappa shape index (κ2) is 2.90. The predicted molar refractivity (Wildman–Crippen MR) is 41.8 cm³/mol. The van der Waals surface area contributed by atoms with Gasteiger partial charge in [-0.2, -0.15) is 0 Å². The van der Waals surface area contributed by atoms with Gasteiger partial charge in [0.15, 0.2) is 12.1 Å². The summed E-state index contributed by atoms with van der Waals surface area (Å²) in [5, 5.41) is 18.3. The SMILES string of the molecule is CC1(C)O[C@@H]2[C@H](O1)[C@H](O)O[C@@H]2CO. The van der Waals surface area contributed by atoms with E-state index in [2.05, 4.69) is 0 Å². The van der Waals surface area contributed by atoms with Crippen molar-refractivity contribution in [3.63, 3.8) is 0 Å². The Morgan fingerprint density at radius 3 is 2.46 bits per heavy atom. The van der Waals surface area contributed by atoms with E-state index in [4.69, 9.17) is 19.3 Å². The van der Waals surface area contributed by atoms with Crippen molar-refractivity contribution in [1.82, 2.24) is 0 Å². The van der Waals surface area contributed by atoms with E-state index in [0.717, 1.165) is 0 Å². The molecule has 4 atom stereocenters. The van der Waals surface area contributed by atoms with Crippen molar-refractivity contribution in [3.05, 3.63) is 0 Å². The Morgan fingerprint density at radius 2 is 1.85 bits per heavy atom. The number of hydrogen-bond acceptors (Lipinski definition) is 5. The first-order chi connectivity index (χ1) is 6.03. The van der Waals surface area contributed by atoms with E-state index in [9.17, 15) is 5.11 Å². The van der Waals surface area contributed by atoms with Crippen LogP contribution in [0.15, 0.2) is 0 Å². The largest absolute Gasteiger partial charge is 0.394 e. The van der Waals surface area contributed by atoms with E-state index < -0.39 is 24.3 Å². The van der Waals surface area contributed by atoms with Gasteiger partial charge in [-0.3, -0.25) is 0 Å². The molecule has 2 fully saturated rings. The molecule has 0 saturated carbocycles. The summed E-state index contributed by atoms with van der Waals surface area (Å²) in [5.74, 6) is -0.701. The highest BCUT2D eigenvalue weighted by Gasteiger charge is 2.54. The molecule has 13 heavy (non-hydrogen) atoms. The van der Waals surface area contributed by atoms with Crippen molar-refractivity contribution in [1.29, 1.82) is 0 Å². The smallest absolute Gasteiger partial charge is 0.184 e. The van der Waals surface area contributed by atoms with E-state index in [1.807, 2.05) is 0 Å². The predicted octanol–water partition coefficient (Wildman–Crippen LogP) is -0.784. The summed E-state index contributed by atoms with van der Waals surface area (Å²) in [5.41, 5.74) is 0. The summed E-state index contributed by atoms with van der Waals surface area (Å²) in [6.07, 6.45) is -2.33. The molecular weight excluding hydrogens is 176 g/mol.